The molecule has 2 aromatic rings. The summed E-state index contributed by atoms with van der Waals surface area (Å²) in [6.07, 6.45) is 11.7. The van der Waals surface area contributed by atoms with Gasteiger partial charge in [0.15, 0.2) is 0 Å². The highest BCUT2D eigenvalue weighted by Gasteiger charge is 2.24. The molecule has 144 valence electrons. The number of hydrogen-bond donors (Lipinski definition) is 1. The summed E-state index contributed by atoms with van der Waals surface area (Å²) in [4.78, 5) is 0. The number of rotatable bonds is 6. The lowest BCUT2D eigenvalue weighted by atomic mass is 9.80. The van der Waals surface area contributed by atoms with E-state index in [0.29, 0.717) is 0 Å². The second-order valence-corrected chi connectivity index (χ2v) is 7.94. The number of quaternary nitrogens is 1. The molecule has 0 bridgehead atoms. The minimum atomic E-state index is 0.0457. The van der Waals surface area contributed by atoms with Crippen molar-refractivity contribution in [2.75, 3.05) is 0 Å². The predicted octanol–water partition coefficient (Wildman–Crippen LogP) is 6.20. The molecule has 2 N–H and O–H groups in total. The Bertz CT molecular complexity index is 910. The molecule has 0 fully saturated rings. The molecule has 2 heteroatoms. The van der Waals surface area contributed by atoms with Crippen molar-refractivity contribution in [2.45, 2.75) is 39.5 Å². The van der Waals surface area contributed by atoms with Gasteiger partial charge in [0.2, 0.25) is 0 Å². The molecule has 0 saturated carbocycles. The Morgan fingerprint density at radius 1 is 0.893 bits per heavy atom. The van der Waals surface area contributed by atoms with Crippen molar-refractivity contribution >= 4 is 11.4 Å². The fraction of sp³-hybridized carbons (Fsp3) is 0.231. The molecule has 1 aliphatic rings. The van der Waals surface area contributed by atoms with Gasteiger partial charge in [0.1, 0.15) is 22.9 Å². The third-order valence-electron chi connectivity index (χ3n) is 4.93. The first-order valence-corrected chi connectivity index (χ1v) is 9.85. The van der Waals surface area contributed by atoms with Gasteiger partial charge in [0.25, 0.3) is 0 Å². The summed E-state index contributed by atoms with van der Waals surface area (Å²) < 4.78 is 5.55. The lowest BCUT2D eigenvalue weighted by molar-refractivity contribution is -0.479. The van der Waals surface area contributed by atoms with Crippen molar-refractivity contribution in [3.63, 3.8) is 0 Å². The Labute approximate surface area is 168 Å². The summed E-state index contributed by atoms with van der Waals surface area (Å²) >= 11 is 0. The van der Waals surface area contributed by atoms with Gasteiger partial charge in [-0.05, 0) is 61.6 Å². The van der Waals surface area contributed by atoms with Gasteiger partial charge in [-0.15, -0.1) is 0 Å². The van der Waals surface area contributed by atoms with Crippen molar-refractivity contribution in [1.29, 1.82) is 0 Å². The van der Waals surface area contributed by atoms with Crippen molar-refractivity contribution in [2.24, 2.45) is 0 Å². The molecular formula is C26H30NO+. The van der Waals surface area contributed by atoms with Crippen LogP contribution in [0.4, 0.5) is 11.4 Å². The molecule has 28 heavy (non-hydrogen) atoms. The van der Waals surface area contributed by atoms with Gasteiger partial charge in [0, 0.05) is 5.56 Å². The van der Waals surface area contributed by atoms with Gasteiger partial charge >= 0.3 is 0 Å². The zero-order valence-electron chi connectivity index (χ0n) is 17.3. The Balaban J connectivity index is 1.74. The van der Waals surface area contributed by atoms with E-state index in [1.54, 1.807) is 0 Å². The summed E-state index contributed by atoms with van der Waals surface area (Å²) in [6, 6.07) is 19.2. The van der Waals surface area contributed by atoms with Crippen LogP contribution in [0, 0.1) is 0 Å². The SMILES string of the molecule is CC1=CC(=C/C=C/CC(C)(C)c2ccccc2[NH2+]c2ccccc2)C=C(C)O1. The van der Waals surface area contributed by atoms with E-state index in [-0.39, 0.29) is 5.41 Å². The number of para-hydroxylation sites is 2. The molecule has 1 aliphatic heterocycles. The maximum absolute atomic E-state index is 5.55. The fourth-order valence-corrected chi connectivity index (χ4v) is 3.54. The van der Waals surface area contributed by atoms with E-state index in [0.717, 1.165) is 17.9 Å². The van der Waals surface area contributed by atoms with E-state index in [1.165, 1.54) is 22.5 Å². The van der Waals surface area contributed by atoms with E-state index < -0.39 is 0 Å². The number of ether oxygens (including phenoxy) is 1. The topological polar surface area (TPSA) is 25.8 Å². The first kappa shape index (κ1) is 19.9. The molecule has 0 unspecified atom stereocenters. The van der Waals surface area contributed by atoms with Crippen molar-refractivity contribution in [1.82, 2.24) is 0 Å². The van der Waals surface area contributed by atoms with Crippen molar-refractivity contribution in [3.8, 4) is 0 Å². The molecule has 0 amide bonds. The fourth-order valence-electron chi connectivity index (χ4n) is 3.54. The van der Waals surface area contributed by atoms with E-state index in [1.807, 2.05) is 13.8 Å². The quantitative estimate of drug-likeness (QED) is 0.600. The van der Waals surface area contributed by atoms with Crippen LogP contribution in [0.2, 0.25) is 0 Å². The maximum Gasteiger partial charge on any atom is 0.138 e. The minimum Gasteiger partial charge on any atom is -0.467 e. The number of benzene rings is 2. The average Bonchev–Trinajstić information content (AvgIpc) is 2.66. The van der Waals surface area contributed by atoms with Gasteiger partial charge in [-0.1, -0.05) is 68.5 Å². The molecular weight excluding hydrogens is 342 g/mol. The molecule has 0 radical (unpaired) electrons. The van der Waals surface area contributed by atoms with Crippen LogP contribution < -0.4 is 5.32 Å². The third kappa shape index (κ3) is 5.34. The van der Waals surface area contributed by atoms with E-state index in [9.17, 15) is 0 Å². The van der Waals surface area contributed by atoms with E-state index >= 15 is 0 Å². The largest absolute Gasteiger partial charge is 0.467 e. The molecule has 0 aliphatic carbocycles. The normalized spacial score (nSPS) is 14.5. The van der Waals surface area contributed by atoms with Gasteiger partial charge < -0.3 is 4.74 Å². The monoisotopic (exact) mass is 372 g/mol. The van der Waals surface area contributed by atoms with Gasteiger partial charge in [-0.3, -0.25) is 5.32 Å². The maximum atomic E-state index is 5.55. The summed E-state index contributed by atoms with van der Waals surface area (Å²) in [5.41, 5.74) is 5.10. The average molecular weight is 373 g/mol. The van der Waals surface area contributed by atoms with E-state index in [2.05, 4.69) is 104 Å². The molecule has 1 heterocycles. The molecule has 3 rings (SSSR count). The van der Waals surface area contributed by atoms with Crippen LogP contribution in [0.25, 0.3) is 0 Å². The van der Waals surface area contributed by atoms with Crippen LogP contribution in [0.3, 0.4) is 0 Å². The van der Waals surface area contributed by atoms with Crippen molar-refractivity contribution in [3.05, 3.63) is 108 Å². The predicted molar refractivity (Wildman–Crippen MR) is 118 cm³/mol. The van der Waals surface area contributed by atoms with Crippen LogP contribution in [0.15, 0.2) is 102 Å². The molecule has 2 aromatic carbocycles. The second-order valence-electron chi connectivity index (χ2n) is 7.94. The highest BCUT2D eigenvalue weighted by molar-refractivity contribution is 5.47. The summed E-state index contributed by atoms with van der Waals surface area (Å²) in [6.45, 7) is 8.59. The number of nitrogens with two attached hydrogens (primary N) is 1. The highest BCUT2D eigenvalue weighted by atomic mass is 16.5. The molecule has 0 spiro atoms. The number of hydrogen-bond acceptors (Lipinski definition) is 1. The first-order chi connectivity index (χ1) is 13.4. The summed E-state index contributed by atoms with van der Waals surface area (Å²) in [7, 11) is 0. The van der Waals surface area contributed by atoms with Crippen LogP contribution in [-0.4, -0.2) is 0 Å². The zero-order chi connectivity index (χ0) is 20.0. The van der Waals surface area contributed by atoms with Crippen LogP contribution in [0.1, 0.15) is 39.7 Å². The highest BCUT2D eigenvalue weighted by Crippen LogP contribution is 2.31. The summed E-state index contributed by atoms with van der Waals surface area (Å²) in [5.74, 6) is 1.87. The van der Waals surface area contributed by atoms with Crippen molar-refractivity contribution < 1.29 is 10.1 Å². The standard InChI is InChI=1S/C26H29NO/c1-20-18-22(19-21(2)28-20)12-10-11-17-26(3,4)24-15-8-9-16-25(24)27-23-13-6-5-7-14-23/h5-16,18-19,27H,17H2,1-4H3/p+1/b11-10+. The molecule has 0 saturated heterocycles. The second kappa shape index (κ2) is 8.90. The first-order valence-electron chi connectivity index (χ1n) is 9.85. The van der Waals surface area contributed by atoms with E-state index in [4.69, 9.17) is 4.74 Å². The Kier molecular flexibility index (Phi) is 6.33. The molecule has 2 nitrogen and oxygen atoms in total. The van der Waals surface area contributed by atoms with Crippen LogP contribution in [0.5, 0.6) is 0 Å². The number of allylic oxidation sites excluding steroid dienone is 8. The Morgan fingerprint density at radius 3 is 2.25 bits per heavy atom. The van der Waals surface area contributed by atoms with Crippen LogP contribution >= 0.6 is 0 Å². The summed E-state index contributed by atoms with van der Waals surface area (Å²) in [5, 5.41) is 2.27. The van der Waals surface area contributed by atoms with Crippen LogP contribution in [-0.2, 0) is 10.2 Å². The lowest BCUT2D eigenvalue weighted by Crippen LogP contribution is -2.71. The smallest absolute Gasteiger partial charge is 0.138 e. The molecule has 0 atom stereocenters. The van der Waals surface area contributed by atoms with Gasteiger partial charge in [-0.2, -0.15) is 0 Å². The minimum absolute atomic E-state index is 0.0457. The Morgan fingerprint density at radius 2 is 1.54 bits per heavy atom. The van der Waals surface area contributed by atoms with Gasteiger partial charge in [-0.25, -0.2) is 0 Å². The Hall–Kier alpha value is -2.84. The zero-order valence-corrected chi connectivity index (χ0v) is 17.3. The lowest BCUT2D eigenvalue weighted by Gasteiger charge is -2.25. The third-order valence-corrected chi connectivity index (χ3v) is 4.93. The molecule has 0 aromatic heterocycles. The van der Waals surface area contributed by atoms with Gasteiger partial charge in [0.05, 0.1) is 0 Å².